The third kappa shape index (κ3) is 3.69. The van der Waals surface area contributed by atoms with Crippen LogP contribution in [0.2, 0.25) is 0 Å². The first-order valence-electron chi connectivity index (χ1n) is 6.39. The van der Waals surface area contributed by atoms with Gasteiger partial charge in [-0.05, 0) is 32.0 Å². The molecule has 5 heteroatoms. The standard InChI is InChI=1S/C15H16N4O/c1-11(2)20-15-12(4-3-6-18-15)10-19-13-5-7-17-14(8-13)9-16/h3-8,11H,10H2,1-2H3,(H,17,19). The largest absolute Gasteiger partial charge is 0.475 e. The van der Waals surface area contributed by atoms with Gasteiger partial charge in [-0.1, -0.05) is 6.07 Å². The van der Waals surface area contributed by atoms with E-state index in [4.69, 9.17) is 10.00 Å². The Balaban J connectivity index is 2.09. The molecule has 0 unspecified atom stereocenters. The summed E-state index contributed by atoms with van der Waals surface area (Å²) in [4.78, 5) is 8.17. The van der Waals surface area contributed by atoms with Crippen molar-refractivity contribution in [2.45, 2.75) is 26.5 Å². The second-order valence-electron chi connectivity index (χ2n) is 4.53. The molecular weight excluding hydrogens is 252 g/mol. The van der Waals surface area contributed by atoms with Gasteiger partial charge in [0, 0.05) is 30.2 Å². The summed E-state index contributed by atoms with van der Waals surface area (Å²) in [6.07, 6.45) is 3.40. The molecular formula is C15H16N4O. The van der Waals surface area contributed by atoms with Crippen molar-refractivity contribution >= 4 is 5.69 Å². The molecule has 0 aliphatic carbocycles. The van der Waals surface area contributed by atoms with Gasteiger partial charge in [-0.15, -0.1) is 0 Å². The van der Waals surface area contributed by atoms with E-state index in [9.17, 15) is 0 Å². The highest BCUT2D eigenvalue weighted by Gasteiger charge is 2.06. The first-order chi connectivity index (χ1) is 9.69. The van der Waals surface area contributed by atoms with Gasteiger partial charge in [-0.25, -0.2) is 9.97 Å². The van der Waals surface area contributed by atoms with Crippen LogP contribution < -0.4 is 10.1 Å². The number of pyridine rings is 2. The Kier molecular flexibility index (Phi) is 4.51. The molecule has 2 aromatic rings. The monoisotopic (exact) mass is 268 g/mol. The van der Waals surface area contributed by atoms with Crippen molar-refractivity contribution in [2.75, 3.05) is 5.32 Å². The normalized spacial score (nSPS) is 10.1. The number of ether oxygens (including phenoxy) is 1. The summed E-state index contributed by atoms with van der Waals surface area (Å²) in [5, 5.41) is 12.1. The Morgan fingerprint density at radius 3 is 2.90 bits per heavy atom. The first-order valence-corrected chi connectivity index (χ1v) is 6.39. The predicted molar refractivity (Wildman–Crippen MR) is 76.3 cm³/mol. The molecule has 2 aromatic heterocycles. The van der Waals surface area contributed by atoms with Crippen LogP contribution in [-0.4, -0.2) is 16.1 Å². The molecule has 0 saturated carbocycles. The molecule has 0 aromatic carbocycles. The van der Waals surface area contributed by atoms with Gasteiger partial charge in [-0.3, -0.25) is 0 Å². The number of hydrogen-bond donors (Lipinski definition) is 1. The quantitative estimate of drug-likeness (QED) is 0.902. The average molecular weight is 268 g/mol. The van der Waals surface area contributed by atoms with Crippen molar-refractivity contribution in [3.63, 3.8) is 0 Å². The minimum Gasteiger partial charge on any atom is -0.475 e. The van der Waals surface area contributed by atoms with Crippen molar-refractivity contribution in [1.29, 1.82) is 5.26 Å². The van der Waals surface area contributed by atoms with Crippen LogP contribution in [0.25, 0.3) is 0 Å². The van der Waals surface area contributed by atoms with Gasteiger partial charge in [0.15, 0.2) is 0 Å². The second kappa shape index (κ2) is 6.53. The Morgan fingerprint density at radius 1 is 1.30 bits per heavy atom. The summed E-state index contributed by atoms with van der Waals surface area (Å²) in [6.45, 7) is 4.51. The highest BCUT2D eigenvalue weighted by molar-refractivity contribution is 5.46. The number of nitrogens with zero attached hydrogens (tertiary/aromatic N) is 3. The molecule has 0 atom stereocenters. The van der Waals surface area contributed by atoms with Crippen LogP contribution in [-0.2, 0) is 6.54 Å². The summed E-state index contributed by atoms with van der Waals surface area (Å²) in [5.41, 5.74) is 2.20. The van der Waals surface area contributed by atoms with Gasteiger partial charge in [0.25, 0.3) is 0 Å². The lowest BCUT2D eigenvalue weighted by molar-refractivity contribution is 0.230. The van der Waals surface area contributed by atoms with Crippen LogP contribution >= 0.6 is 0 Å². The molecule has 0 spiro atoms. The fourth-order valence-electron chi connectivity index (χ4n) is 1.69. The molecule has 1 N–H and O–H groups in total. The molecule has 0 radical (unpaired) electrons. The molecule has 0 bridgehead atoms. The van der Waals surface area contributed by atoms with Gasteiger partial charge in [0.1, 0.15) is 11.8 Å². The minimum absolute atomic E-state index is 0.0785. The summed E-state index contributed by atoms with van der Waals surface area (Å²) in [7, 11) is 0. The summed E-state index contributed by atoms with van der Waals surface area (Å²) >= 11 is 0. The second-order valence-corrected chi connectivity index (χ2v) is 4.53. The zero-order valence-corrected chi connectivity index (χ0v) is 11.5. The Morgan fingerprint density at radius 2 is 2.15 bits per heavy atom. The van der Waals surface area contributed by atoms with Gasteiger partial charge < -0.3 is 10.1 Å². The van der Waals surface area contributed by atoms with Crippen LogP contribution in [0.15, 0.2) is 36.7 Å². The van der Waals surface area contributed by atoms with Crippen LogP contribution in [0, 0.1) is 11.3 Å². The van der Waals surface area contributed by atoms with E-state index < -0.39 is 0 Å². The molecule has 0 aliphatic rings. The fourth-order valence-corrected chi connectivity index (χ4v) is 1.69. The number of nitriles is 1. The van der Waals surface area contributed by atoms with Crippen molar-refractivity contribution < 1.29 is 4.74 Å². The van der Waals surface area contributed by atoms with Crippen molar-refractivity contribution in [3.05, 3.63) is 47.9 Å². The topological polar surface area (TPSA) is 70.8 Å². The third-order valence-electron chi connectivity index (χ3n) is 2.55. The Labute approximate surface area is 118 Å². The van der Waals surface area contributed by atoms with Gasteiger partial charge >= 0.3 is 0 Å². The fraction of sp³-hybridized carbons (Fsp3) is 0.267. The van der Waals surface area contributed by atoms with E-state index >= 15 is 0 Å². The van der Waals surface area contributed by atoms with Crippen LogP contribution in [0.5, 0.6) is 5.88 Å². The van der Waals surface area contributed by atoms with Gasteiger partial charge in [-0.2, -0.15) is 5.26 Å². The van der Waals surface area contributed by atoms with Crippen molar-refractivity contribution in [3.8, 4) is 11.9 Å². The van der Waals surface area contributed by atoms with Crippen LogP contribution in [0.1, 0.15) is 25.1 Å². The lowest BCUT2D eigenvalue weighted by Crippen LogP contribution is -2.10. The van der Waals surface area contributed by atoms with E-state index in [2.05, 4.69) is 15.3 Å². The number of aromatic nitrogens is 2. The maximum Gasteiger partial charge on any atom is 0.218 e. The highest BCUT2D eigenvalue weighted by Crippen LogP contribution is 2.18. The molecule has 102 valence electrons. The Hall–Kier alpha value is -2.61. The molecule has 2 rings (SSSR count). The summed E-state index contributed by atoms with van der Waals surface area (Å²) < 4.78 is 5.66. The van der Waals surface area contributed by atoms with Crippen LogP contribution in [0.4, 0.5) is 5.69 Å². The molecule has 0 aliphatic heterocycles. The van der Waals surface area contributed by atoms with Crippen LogP contribution in [0.3, 0.4) is 0 Å². The molecule has 5 nitrogen and oxygen atoms in total. The van der Waals surface area contributed by atoms with Crippen molar-refractivity contribution in [2.24, 2.45) is 0 Å². The molecule has 0 amide bonds. The number of hydrogen-bond acceptors (Lipinski definition) is 5. The van der Waals surface area contributed by atoms with E-state index in [0.717, 1.165) is 11.3 Å². The summed E-state index contributed by atoms with van der Waals surface area (Å²) in [5.74, 6) is 0.629. The Bertz CT molecular complexity index is 619. The van der Waals surface area contributed by atoms with E-state index in [1.807, 2.05) is 38.1 Å². The minimum atomic E-state index is 0.0785. The summed E-state index contributed by atoms with van der Waals surface area (Å²) in [6, 6.07) is 9.38. The number of rotatable bonds is 5. The van der Waals surface area contributed by atoms with E-state index in [-0.39, 0.29) is 6.10 Å². The highest BCUT2D eigenvalue weighted by atomic mass is 16.5. The van der Waals surface area contributed by atoms with E-state index in [1.165, 1.54) is 0 Å². The van der Waals surface area contributed by atoms with E-state index in [0.29, 0.717) is 18.1 Å². The smallest absolute Gasteiger partial charge is 0.218 e. The number of anilines is 1. The van der Waals surface area contributed by atoms with Gasteiger partial charge in [0.2, 0.25) is 5.88 Å². The third-order valence-corrected chi connectivity index (χ3v) is 2.55. The zero-order valence-electron chi connectivity index (χ0n) is 11.5. The molecule has 0 saturated heterocycles. The average Bonchev–Trinajstić information content (AvgIpc) is 2.46. The first kappa shape index (κ1) is 13.8. The molecule has 2 heterocycles. The van der Waals surface area contributed by atoms with E-state index in [1.54, 1.807) is 18.5 Å². The lowest BCUT2D eigenvalue weighted by Gasteiger charge is -2.13. The molecule has 0 fully saturated rings. The SMILES string of the molecule is CC(C)Oc1ncccc1CNc1ccnc(C#N)c1. The van der Waals surface area contributed by atoms with Crippen molar-refractivity contribution in [1.82, 2.24) is 9.97 Å². The number of nitrogens with one attached hydrogen (secondary N) is 1. The van der Waals surface area contributed by atoms with Gasteiger partial charge in [0.05, 0.1) is 6.10 Å². The maximum atomic E-state index is 8.82. The maximum absolute atomic E-state index is 8.82. The lowest BCUT2D eigenvalue weighted by atomic mass is 10.2. The predicted octanol–water partition coefficient (Wildman–Crippen LogP) is 2.75. The molecule has 20 heavy (non-hydrogen) atoms. The zero-order chi connectivity index (χ0) is 14.4.